The summed E-state index contributed by atoms with van der Waals surface area (Å²) >= 11 is 0. The highest BCUT2D eigenvalue weighted by Gasteiger charge is 2.20. The monoisotopic (exact) mass is 305 g/mol. The van der Waals surface area contributed by atoms with Gasteiger partial charge in [0.15, 0.2) is 0 Å². The Morgan fingerprint density at radius 3 is 2.30 bits per heavy atom. The predicted molar refractivity (Wildman–Crippen MR) is 89.1 cm³/mol. The summed E-state index contributed by atoms with van der Waals surface area (Å²) in [4.78, 5) is 4.60. The lowest BCUT2D eigenvalue weighted by Crippen LogP contribution is -1.98. The molecule has 2 aliphatic rings. The Hall–Kier alpha value is -2.75. The largest absolute Gasteiger partial charge is 0.645 e. The van der Waals surface area contributed by atoms with Crippen LogP contribution in [0.1, 0.15) is 23.2 Å². The van der Waals surface area contributed by atoms with E-state index < -0.39 is 0 Å². The Labute approximate surface area is 135 Å². The van der Waals surface area contributed by atoms with Crippen LogP contribution in [0, 0.1) is 0 Å². The van der Waals surface area contributed by atoms with Gasteiger partial charge in [0.05, 0.1) is 6.61 Å². The van der Waals surface area contributed by atoms with Crippen LogP contribution in [-0.2, 0) is 9.47 Å². The van der Waals surface area contributed by atoms with Crippen molar-refractivity contribution in [3.05, 3.63) is 89.1 Å². The highest BCUT2D eigenvalue weighted by molar-refractivity contribution is 5.89. The maximum absolute atomic E-state index is 5.66. The summed E-state index contributed by atoms with van der Waals surface area (Å²) < 4.78 is 11.3. The molecule has 0 N–H and O–H groups in total. The van der Waals surface area contributed by atoms with Gasteiger partial charge < -0.3 is 14.8 Å². The fourth-order valence-corrected chi connectivity index (χ4v) is 2.74. The molecule has 0 amide bonds. The van der Waals surface area contributed by atoms with Gasteiger partial charge in [-0.25, -0.2) is 4.99 Å². The Kier molecular flexibility index (Phi) is 3.72. The fourth-order valence-electron chi connectivity index (χ4n) is 2.74. The summed E-state index contributed by atoms with van der Waals surface area (Å²) in [6.45, 7) is 1.12. The number of rotatable bonds is 3. The molecule has 4 nitrogen and oxygen atoms in total. The van der Waals surface area contributed by atoms with E-state index in [0.29, 0.717) is 25.0 Å². The molecule has 0 spiro atoms. The molecule has 1 saturated heterocycles. The summed E-state index contributed by atoms with van der Waals surface area (Å²) in [6.07, 6.45) is 1.78. The molecule has 2 aromatic carbocycles. The van der Waals surface area contributed by atoms with Crippen molar-refractivity contribution in [2.45, 2.75) is 12.1 Å². The number of nitrogens with zero attached hydrogens (tertiary/aromatic N) is 2. The van der Waals surface area contributed by atoms with Crippen molar-refractivity contribution >= 4 is 5.90 Å². The van der Waals surface area contributed by atoms with E-state index in [1.54, 1.807) is 6.08 Å². The Bertz CT molecular complexity index is 726. The molecule has 1 fully saturated rings. The third kappa shape index (κ3) is 3.06. The first kappa shape index (κ1) is 13.9. The molecule has 4 rings (SSSR count). The first-order chi connectivity index (χ1) is 11.4. The number of aliphatic imine (C=N–C) groups is 1. The molecule has 0 aromatic heterocycles. The average Bonchev–Trinajstić information content (AvgIpc) is 3.27. The van der Waals surface area contributed by atoms with E-state index in [1.165, 1.54) is 0 Å². The third-order valence-electron chi connectivity index (χ3n) is 3.96. The number of benzene rings is 2. The Balaban J connectivity index is 1.45. The van der Waals surface area contributed by atoms with Gasteiger partial charge >= 0.3 is 0 Å². The molecule has 0 radical (unpaired) electrons. The minimum atomic E-state index is 0.0503. The summed E-state index contributed by atoms with van der Waals surface area (Å²) in [5, 5.41) is 4.60. The molecular formula is C19H17N2O2-. The van der Waals surface area contributed by atoms with Crippen LogP contribution in [0.5, 0.6) is 0 Å². The molecule has 4 heteroatoms. The normalized spacial score (nSPS) is 24.7. The fraction of sp³-hybridized carbons (Fsp3) is 0.211. The second kappa shape index (κ2) is 6.16. The van der Waals surface area contributed by atoms with Gasteiger partial charge in [0, 0.05) is 12.0 Å². The molecule has 0 bridgehead atoms. The van der Waals surface area contributed by atoms with Crippen molar-refractivity contribution in [1.82, 2.24) is 0 Å². The predicted octanol–water partition coefficient (Wildman–Crippen LogP) is 4.14. The number of hydrogen-bond acceptors (Lipinski definition) is 3. The van der Waals surface area contributed by atoms with E-state index in [-0.39, 0.29) is 12.1 Å². The zero-order valence-electron chi connectivity index (χ0n) is 12.6. The maximum Gasteiger partial charge on any atom is 0.211 e. The van der Waals surface area contributed by atoms with E-state index in [2.05, 4.69) is 34.6 Å². The number of ether oxygens (including phenoxy) is 2. The van der Waals surface area contributed by atoms with Crippen LogP contribution < -0.4 is 0 Å². The molecular weight excluding hydrogens is 288 g/mol. The van der Waals surface area contributed by atoms with E-state index in [4.69, 9.17) is 9.47 Å². The Morgan fingerprint density at radius 2 is 1.57 bits per heavy atom. The van der Waals surface area contributed by atoms with Gasteiger partial charge in [-0.3, -0.25) is 0 Å². The van der Waals surface area contributed by atoms with Gasteiger partial charge in [0.25, 0.3) is 0 Å². The number of hydrogen-bond donors (Lipinski definition) is 0. The van der Waals surface area contributed by atoms with Crippen molar-refractivity contribution < 1.29 is 9.47 Å². The van der Waals surface area contributed by atoms with Crippen LogP contribution in [0.2, 0.25) is 0 Å². The summed E-state index contributed by atoms with van der Waals surface area (Å²) in [5.74, 6) is 1.18. The molecule has 2 atom stereocenters. The van der Waals surface area contributed by atoms with Crippen molar-refractivity contribution in [1.29, 1.82) is 0 Å². The van der Waals surface area contributed by atoms with Gasteiger partial charge in [-0.2, -0.15) is 0 Å². The van der Waals surface area contributed by atoms with Crippen molar-refractivity contribution in [2.24, 2.45) is 4.99 Å². The average molecular weight is 305 g/mol. The third-order valence-corrected chi connectivity index (χ3v) is 3.96. The molecule has 0 aliphatic carbocycles. The lowest BCUT2D eigenvalue weighted by Gasteiger charge is -2.20. The van der Waals surface area contributed by atoms with E-state index >= 15 is 0 Å². The Morgan fingerprint density at radius 1 is 0.870 bits per heavy atom. The van der Waals surface area contributed by atoms with E-state index in [9.17, 15) is 0 Å². The van der Waals surface area contributed by atoms with Gasteiger partial charge in [-0.1, -0.05) is 72.3 Å². The smallest absolute Gasteiger partial charge is 0.211 e. The zero-order valence-corrected chi connectivity index (χ0v) is 12.6. The first-order valence-corrected chi connectivity index (χ1v) is 7.74. The SMILES string of the molecule is C(/C1=N[C@@H](c2ccccc2)CO1)=C1/[N-][C@@H](c2ccccc2)CO1. The van der Waals surface area contributed by atoms with Crippen LogP contribution >= 0.6 is 0 Å². The molecule has 116 valence electrons. The topological polar surface area (TPSA) is 44.9 Å². The van der Waals surface area contributed by atoms with Crippen molar-refractivity contribution in [3.8, 4) is 0 Å². The highest BCUT2D eigenvalue weighted by atomic mass is 16.5. The van der Waals surface area contributed by atoms with Crippen LogP contribution in [0.25, 0.3) is 5.32 Å². The second-order valence-electron chi connectivity index (χ2n) is 5.55. The maximum atomic E-state index is 5.66. The minimum Gasteiger partial charge on any atom is -0.645 e. The van der Waals surface area contributed by atoms with Crippen molar-refractivity contribution in [3.63, 3.8) is 0 Å². The summed E-state index contributed by atoms with van der Waals surface area (Å²) in [6, 6.07) is 20.4. The lowest BCUT2D eigenvalue weighted by molar-refractivity contribution is 0.255. The molecule has 2 aromatic rings. The van der Waals surface area contributed by atoms with Gasteiger partial charge in [0.2, 0.25) is 5.90 Å². The highest BCUT2D eigenvalue weighted by Crippen LogP contribution is 2.34. The molecule has 0 saturated carbocycles. The van der Waals surface area contributed by atoms with E-state index in [0.717, 1.165) is 11.1 Å². The zero-order chi connectivity index (χ0) is 15.5. The molecule has 2 aliphatic heterocycles. The van der Waals surface area contributed by atoms with Crippen LogP contribution in [0.3, 0.4) is 0 Å². The molecule has 2 heterocycles. The summed E-state index contributed by atoms with van der Waals surface area (Å²) in [7, 11) is 0. The van der Waals surface area contributed by atoms with Gasteiger partial charge in [-0.15, -0.1) is 0 Å². The molecule has 0 unspecified atom stereocenters. The minimum absolute atomic E-state index is 0.0503. The first-order valence-electron chi connectivity index (χ1n) is 7.74. The second-order valence-corrected chi connectivity index (χ2v) is 5.55. The van der Waals surface area contributed by atoms with Gasteiger partial charge in [-0.05, 0) is 5.56 Å². The van der Waals surface area contributed by atoms with Crippen LogP contribution in [0.15, 0.2) is 77.6 Å². The van der Waals surface area contributed by atoms with E-state index in [1.807, 2.05) is 36.4 Å². The van der Waals surface area contributed by atoms with Gasteiger partial charge in [0.1, 0.15) is 12.6 Å². The standard InChI is InChI=1S/C19H17N2O2/c1-3-7-14(8-4-1)16-12-22-18(20-16)11-19-21-17(13-23-19)15-9-5-2-6-10-15/h1-11,16-17H,12-13H2/q-1/b18-11+/t16-,17-/m1/s1. The van der Waals surface area contributed by atoms with Crippen molar-refractivity contribution in [2.75, 3.05) is 13.2 Å². The molecule has 23 heavy (non-hydrogen) atoms. The lowest BCUT2D eigenvalue weighted by atomic mass is 10.1. The van der Waals surface area contributed by atoms with Crippen LogP contribution in [-0.4, -0.2) is 19.1 Å². The quantitative estimate of drug-likeness (QED) is 0.855. The summed E-state index contributed by atoms with van der Waals surface area (Å²) in [5.41, 5.74) is 2.32. The van der Waals surface area contributed by atoms with Crippen LogP contribution in [0.4, 0.5) is 0 Å².